The number of rotatable bonds is 3. The van der Waals surface area contributed by atoms with Gasteiger partial charge in [-0.05, 0) is 0 Å². The zero-order valence-corrected chi connectivity index (χ0v) is 20.4. The Labute approximate surface area is 207 Å². The van der Waals surface area contributed by atoms with Crippen LogP contribution < -0.4 is 10.3 Å². The average Bonchev–Trinajstić information content (AvgIpc) is 3.27. The van der Waals surface area contributed by atoms with E-state index in [-0.39, 0.29) is 19.9 Å². The van der Waals surface area contributed by atoms with Crippen LogP contribution in [0.3, 0.4) is 0 Å². The van der Waals surface area contributed by atoms with Crippen LogP contribution in [0, 0.1) is 0 Å². The number of hydrogen-bond acceptors (Lipinski definition) is 3. The number of nitrogens with zero attached hydrogens (tertiary/aromatic N) is 1. The molecule has 0 saturated carbocycles. The Morgan fingerprint density at radius 1 is 0.571 bits per heavy atom. The molecule has 0 amide bonds. The summed E-state index contributed by atoms with van der Waals surface area (Å²) < 4.78 is 9.18. The number of hydrogen-bond donors (Lipinski definition) is 0. The Bertz CT molecular complexity index is 1880. The van der Waals surface area contributed by atoms with Crippen molar-refractivity contribution in [2.75, 3.05) is 4.90 Å². The Hall–Kier alpha value is -4.11. The first-order valence-corrected chi connectivity index (χ1v) is 13.2. The molecular formula is C31H19NO2Se. The SMILES string of the molecule is O=c1c2cc3c(cc2oc2c(N(c4ccccc4)c4ccccc4)cccc12)[se]c1ccccc13. The predicted molar refractivity (Wildman–Crippen MR) is 147 cm³/mol. The molecule has 0 aliphatic rings. The second-order valence-corrected chi connectivity index (χ2v) is 10.8. The van der Waals surface area contributed by atoms with Crippen molar-refractivity contribution < 1.29 is 4.42 Å². The summed E-state index contributed by atoms with van der Waals surface area (Å²) in [5, 5.41) is 3.61. The van der Waals surface area contributed by atoms with Gasteiger partial charge in [-0.25, -0.2) is 0 Å². The van der Waals surface area contributed by atoms with Crippen LogP contribution in [-0.2, 0) is 0 Å². The van der Waals surface area contributed by atoms with Gasteiger partial charge >= 0.3 is 208 Å². The average molecular weight is 516 g/mol. The molecule has 5 aromatic carbocycles. The van der Waals surface area contributed by atoms with Crippen LogP contribution in [0.2, 0.25) is 0 Å². The van der Waals surface area contributed by atoms with Crippen LogP contribution in [0.1, 0.15) is 0 Å². The molecule has 2 aromatic heterocycles. The van der Waals surface area contributed by atoms with Crippen molar-refractivity contribution in [1.82, 2.24) is 0 Å². The van der Waals surface area contributed by atoms with Crippen molar-refractivity contribution in [1.29, 1.82) is 0 Å². The maximum absolute atomic E-state index is 13.8. The number of benzene rings is 5. The summed E-state index contributed by atoms with van der Waals surface area (Å²) in [6.45, 7) is 0. The molecule has 0 N–H and O–H groups in total. The monoisotopic (exact) mass is 517 g/mol. The molecule has 3 nitrogen and oxygen atoms in total. The van der Waals surface area contributed by atoms with Gasteiger partial charge in [-0.3, -0.25) is 0 Å². The van der Waals surface area contributed by atoms with Crippen molar-refractivity contribution >= 4 is 72.8 Å². The van der Waals surface area contributed by atoms with E-state index in [1.54, 1.807) is 0 Å². The molecule has 0 bridgehead atoms. The van der Waals surface area contributed by atoms with Crippen molar-refractivity contribution in [2.24, 2.45) is 0 Å². The fourth-order valence-corrected chi connectivity index (χ4v) is 7.18. The van der Waals surface area contributed by atoms with E-state index in [0.717, 1.165) is 22.4 Å². The van der Waals surface area contributed by atoms with E-state index in [9.17, 15) is 4.79 Å². The Kier molecular flexibility index (Phi) is 4.63. The van der Waals surface area contributed by atoms with Gasteiger partial charge in [0.1, 0.15) is 0 Å². The van der Waals surface area contributed by atoms with Gasteiger partial charge in [0.15, 0.2) is 0 Å². The second kappa shape index (κ2) is 7.99. The molecule has 7 aromatic rings. The van der Waals surface area contributed by atoms with Crippen LogP contribution in [0.15, 0.2) is 124 Å². The van der Waals surface area contributed by atoms with Gasteiger partial charge in [0.2, 0.25) is 0 Å². The second-order valence-electron chi connectivity index (χ2n) is 8.53. The molecule has 0 aliphatic heterocycles. The van der Waals surface area contributed by atoms with E-state index in [2.05, 4.69) is 59.5 Å². The fourth-order valence-electron chi connectivity index (χ4n) is 4.84. The van der Waals surface area contributed by atoms with Crippen LogP contribution in [0.5, 0.6) is 0 Å². The fraction of sp³-hybridized carbons (Fsp3) is 0. The van der Waals surface area contributed by atoms with Crippen molar-refractivity contribution in [3.05, 3.63) is 125 Å². The Morgan fingerprint density at radius 3 is 1.97 bits per heavy atom. The topological polar surface area (TPSA) is 33.5 Å². The van der Waals surface area contributed by atoms with E-state index in [1.807, 2.05) is 60.7 Å². The van der Waals surface area contributed by atoms with Crippen molar-refractivity contribution in [3.8, 4) is 0 Å². The molecule has 7 rings (SSSR count). The molecule has 0 fully saturated rings. The quantitative estimate of drug-likeness (QED) is 0.178. The molecular weight excluding hydrogens is 497 g/mol. The summed E-state index contributed by atoms with van der Waals surface area (Å²) in [7, 11) is 0. The van der Waals surface area contributed by atoms with E-state index in [1.165, 1.54) is 13.9 Å². The van der Waals surface area contributed by atoms with E-state index < -0.39 is 0 Å². The normalized spacial score (nSPS) is 11.5. The minimum atomic E-state index is 0.00357. The van der Waals surface area contributed by atoms with Gasteiger partial charge in [0, 0.05) is 0 Å². The summed E-state index contributed by atoms with van der Waals surface area (Å²) in [4.78, 5) is 15.9. The van der Waals surface area contributed by atoms with Crippen molar-refractivity contribution in [3.63, 3.8) is 0 Å². The van der Waals surface area contributed by atoms with Crippen molar-refractivity contribution in [2.45, 2.75) is 0 Å². The first-order valence-electron chi connectivity index (χ1n) is 11.5. The standard InChI is InChI=1S/C31H19NO2Se/c33-30-23-15-9-16-26(32(20-10-3-1-4-11-20)21-12-5-2-6-13-21)31(23)34-27-19-29-24(18-25(27)30)22-14-7-8-17-28(22)35-29/h1-19H. The van der Waals surface area contributed by atoms with Crippen LogP contribution >= 0.6 is 0 Å². The number of anilines is 3. The summed E-state index contributed by atoms with van der Waals surface area (Å²) in [6, 6.07) is 38.8. The van der Waals surface area contributed by atoms with E-state index >= 15 is 0 Å². The molecule has 0 saturated heterocycles. The zero-order valence-electron chi connectivity index (χ0n) is 18.6. The van der Waals surface area contributed by atoms with Gasteiger partial charge in [-0.15, -0.1) is 0 Å². The maximum atomic E-state index is 13.8. The van der Waals surface area contributed by atoms with Crippen LogP contribution in [-0.4, -0.2) is 14.5 Å². The first kappa shape index (κ1) is 20.3. The molecule has 35 heavy (non-hydrogen) atoms. The molecule has 166 valence electrons. The predicted octanol–water partition coefficient (Wildman–Crippen LogP) is 7.78. The molecule has 0 aliphatic carbocycles. The third kappa shape index (κ3) is 3.23. The molecule has 0 spiro atoms. The molecule has 4 heteroatoms. The van der Waals surface area contributed by atoms with Crippen LogP contribution in [0.4, 0.5) is 17.1 Å². The van der Waals surface area contributed by atoms with E-state index in [0.29, 0.717) is 21.9 Å². The first-order chi connectivity index (χ1) is 17.3. The number of para-hydroxylation sites is 3. The van der Waals surface area contributed by atoms with E-state index in [4.69, 9.17) is 4.42 Å². The Morgan fingerprint density at radius 2 is 1.23 bits per heavy atom. The molecule has 0 atom stereocenters. The summed E-state index contributed by atoms with van der Waals surface area (Å²) in [6.07, 6.45) is 0. The molecule has 0 radical (unpaired) electrons. The van der Waals surface area contributed by atoms with Gasteiger partial charge in [-0.2, -0.15) is 0 Å². The van der Waals surface area contributed by atoms with Gasteiger partial charge < -0.3 is 0 Å². The number of fused-ring (bicyclic) bond motifs is 5. The summed E-state index contributed by atoms with van der Waals surface area (Å²) in [5.74, 6) is 0. The third-order valence-electron chi connectivity index (χ3n) is 6.44. The van der Waals surface area contributed by atoms with Gasteiger partial charge in [0.25, 0.3) is 0 Å². The van der Waals surface area contributed by atoms with Crippen LogP contribution in [0.25, 0.3) is 41.2 Å². The third-order valence-corrected chi connectivity index (χ3v) is 8.82. The molecule has 2 heterocycles. The summed E-state index contributed by atoms with van der Waals surface area (Å²) in [5.41, 5.74) is 4.09. The molecule has 0 unspecified atom stereocenters. The minimum absolute atomic E-state index is 0.00357. The summed E-state index contributed by atoms with van der Waals surface area (Å²) >= 11 is 0.202. The van der Waals surface area contributed by atoms with Gasteiger partial charge in [0.05, 0.1) is 0 Å². The zero-order chi connectivity index (χ0) is 23.4. The van der Waals surface area contributed by atoms with Gasteiger partial charge in [-0.1, -0.05) is 0 Å². The Balaban J connectivity index is 1.55.